The Hall–Kier alpha value is -2.11. The smallest absolute Gasteiger partial charge is 0.121 e. The summed E-state index contributed by atoms with van der Waals surface area (Å²) < 4.78 is 0. The van der Waals surface area contributed by atoms with E-state index in [0.29, 0.717) is 6.54 Å². The van der Waals surface area contributed by atoms with Gasteiger partial charge in [-0.05, 0) is 36.1 Å². The third kappa shape index (κ3) is 3.21. The fourth-order valence-electron chi connectivity index (χ4n) is 2.16. The van der Waals surface area contributed by atoms with Crippen molar-refractivity contribution in [1.82, 2.24) is 5.32 Å². The summed E-state index contributed by atoms with van der Waals surface area (Å²) in [4.78, 5) is 0. The van der Waals surface area contributed by atoms with Crippen molar-refractivity contribution in [2.45, 2.75) is 26.4 Å². The maximum absolute atomic E-state index is 9.34. The zero-order valence-electron chi connectivity index (χ0n) is 11.4. The lowest BCUT2D eigenvalue weighted by Gasteiger charge is -2.15. The van der Waals surface area contributed by atoms with Crippen LogP contribution in [-0.4, -0.2) is 0 Å². The number of hydrogen-bond donors (Lipinski definition) is 1. The zero-order chi connectivity index (χ0) is 13.7. The van der Waals surface area contributed by atoms with E-state index in [1.165, 1.54) is 11.1 Å². The Labute approximate surface area is 114 Å². The molecule has 2 aromatic rings. The van der Waals surface area contributed by atoms with Gasteiger partial charge in [0, 0.05) is 6.54 Å². The Bertz CT molecular complexity index is 596. The number of nitrogens with one attached hydrogen (secondary N) is 1. The van der Waals surface area contributed by atoms with Gasteiger partial charge in [-0.3, -0.25) is 5.32 Å². The molecule has 0 amide bonds. The Balaban J connectivity index is 2.12. The summed E-state index contributed by atoms with van der Waals surface area (Å²) in [6.07, 6.45) is 0. The Morgan fingerprint density at radius 2 is 1.63 bits per heavy atom. The van der Waals surface area contributed by atoms with E-state index < -0.39 is 0 Å². The molecule has 0 radical (unpaired) electrons. The molecule has 0 aliphatic carbocycles. The highest BCUT2D eigenvalue weighted by Crippen LogP contribution is 2.17. The Morgan fingerprint density at radius 3 is 2.26 bits per heavy atom. The average Bonchev–Trinajstić information content (AvgIpc) is 2.43. The summed E-state index contributed by atoms with van der Waals surface area (Å²) >= 11 is 0. The van der Waals surface area contributed by atoms with Crippen LogP contribution in [0.3, 0.4) is 0 Å². The van der Waals surface area contributed by atoms with Gasteiger partial charge in [-0.2, -0.15) is 5.26 Å². The first-order valence-corrected chi connectivity index (χ1v) is 6.45. The molecular formula is C17H18N2. The van der Waals surface area contributed by atoms with E-state index in [9.17, 15) is 5.26 Å². The van der Waals surface area contributed by atoms with Gasteiger partial charge in [0.15, 0.2) is 0 Å². The van der Waals surface area contributed by atoms with Gasteiger partial charge in [0.1, 0.15) is 6.04 Å². The molecule has 96 valence electrons. The second kappa shape index (κ2) is 6.17. The van der Waals surface area contributed by atoms with Crippen LogP contribution in [-0.2, 0) is 6.54 Å². The van der Waals surface area contributed by atoms with Gasteiger partial charge >= 0.3 is 0 Å². The molecule has 2 heteroatoms. The molecule has 0 heterocycles. The predicted molar refractivity (Wildman–Crippen MR) is 77.6 cm³/mol. The maximum Gasteiger partial charge on any atom is 0.121 e. The van der Waals surface area contributed by atoms with Crippen molar-refractivity contribution in [1.29, 1.82) is 5.26 Å². The predicted octanol–water partition coefficient (Wildman–Crippen LogP) is 3.66. The van der Waals surface area contributed by atoms with Crippen LogP contribution in [0.25, 0.3) is 0 Å². The molecule has 1 atom stereocenters. The van der Waals surface area contributed by atoms with Crippen LogP contribution in [0.1, 0.15) is 28.3 Å². The summed E-state index contributed by atoms with van der Waals surface area (Å²) in [5, 5.41) is 12.7. The standard InChI is InChI=1S/C17H18N2/c1-13-7-3-5-9-15(13)12-19-17(11-18)16-10-6-4-8-14(16)2/h3-10,17,19H,12H2,1-2H3. The lowest BCUT2D eigenvalue weighted by atomic mass is 10.0. The third-order valence-corrected chi connectivity index (χ3v) is 3.39. The quantitative estimate of drug-likeness (QED) is 0.899. The molecular weight excluding hydrogens is 232 g/mol. The van der Waals surface area contributed by atoms with E-state index in [1.54, 1.807) is 0 Å². The summed E-state index contributed by atoms with van der Waals surface area (Å²) in [5.74, 6) is 0. The summed E-state index contributed by atoms with van der Waals surface area (Å²) in [5.41, 5.74) is 4.68. The molecule has 0 saturated carbocycles. The molecule has 0 fully saturated rings. The largest absolute Gasteiger partial charge is 0.294 e. The van der Waals surface area contributed by atoms with Gasteiger partial charge in [-0.15, -0.1) is 0 Å². The molecule has 0 bridgehead atoms. The number of benzene rings is 2. The molecule has 0 aliphatic heterocycles. The van der Waals surface area contributed by atoms with E-state index in [0.717, 1.165) is 11.1 Å². The minimum atomic E-state index is -0.263. The number of hydrogen-bond acceptors (Lipinski definition) is 2. The second-order valence-electron chi connectivity index (χ2n) is 4.73. The number of rotatable bonds is 4. The van der Waals surface area contributed by atoms with Crippen LogP contribution < -0.4 is 5.32 Å². The zero-order valence-corrected chi connectivity index (χ0v) is 11.4. The topological polar surface area (TPSA) is 35.8 Å². The van der Waals surface area contributed by atoms with Crippen LogP contribution in [0.15, 0.2) is 48.5 Å². The molecule has 0 saturated heterocycles. The van der Waals surface area contributed by atoms with E-state index in [4.69, 9.17) is 0 Å². The van der Waals surface area contributed by atoms with Gasteiger partial charge in [-0.25, -0.2) is 0 Å². The number of aryl methyl sites for hydroxylation is 2. The summed E-state index contributed by atoms with van der Waals surface area (Å²) in [7, 11) is 0. The Morgan fingerprint density at radius 1 is 1.00 bits per heavy atom. The lowest BCUT2D eigenvalue weighted by molar-refractivity contribution is 0.626. The minimum Gasteiger partial charge on any atom is -0.294 e. The molecule has 2 rings (SSSR count). The second-order valence-corrected chi connectivity index (χ2v) is 4.73. The minimum absolute atomic E-state index is 0.263. The normalized spacial score (nSPS) is 11.8. The van der Waals surface area contributed by atoms with Crippen LogP contribution in [0.5, 0.6) is 0 Å². The van der Waals surface area contributed by atoms with E-state index >= 15 is 0 Å². The third-order valence-electron chi connectivity index (χ3n) is 3.39. The van der Waals surface area contributed by atoms with E-state index in [1.807, 2.05) is 43.3 Å². The van der Waals surface area contributed by atoms with Crippen molar-refractivity contribution in [3.8, 4) is 6.07 Å². The molecule has 0 spiro atoms. The SMILES string of the molecule is Cc1ccccc1CNC(C#N)c1ccccc1C. The Kier molecular flexibility index (Phi) is 4.33. The monoisotopic (exact) mass is 250 g/mol. The van der Waals surface area contributed by atoms with Crippen molar-refractivity contribution in [3.05, 3.63) is 70.8 Å². The highest BCUT2D eigenvalue weighted by molar-refractivity contribution is 5.33. The first-order valence-electron chi connectivity index (χ1n) is 6.45. The molecule has 19 heavy (non-hydrogen) atoms. The van der Waals surface area contributed by atoms with Crippen molar-refractivity contribution < 1.29 is 0 Å². The number of nitrogens with zero attached hydrogens (tertiary/aromatic N) is 1. The fraction of sp³-hybridized carbons (Fsp3) is 0.235. The van der Waals surface area contributed by atoms with Crippen molar-refractivity contribution in [2.75, 3.05) is 0 Å². The van der Waals surface area contributed by atoms with Crippen LogP contribution in [0, 0.1) is 25.2 Å². The lowest BCUT2D eigenvalue weighted by Crippen LogP contribution is -2.20. The molecule has 0 aliphatic rings. The molecule has 0 aromatic heterocycles. The molecule has 2 nitrogen and oxygen atoms in total. The molecule has 1 unspecified atom stereocenters. The van der Waals surface area contributed by atoms with Gasteiger partial charge in [0.2, 0.25) is 0 Å². The van der Waals surface area contributed by atoms with Gasteiger partial charge in [-0.1, -0.05) is 48.5 Å². The van der Waals surface area contributed by atoms with Crippen LogP contribution in [0.2, 0.25) is 0 Å². The highest BCUT2D eigenvalue weighted by atomic mass is 14.9. The van der Waals surface area contributed by atoms with Gasteiger partial charge < -0.3 is 0 Å². The maximum atomic E-state index is 9.34. The van der Waals surface area contributed by atoms with Gasteiger partial charge in [0.05, 0.1) is 6.07 Å². The fourth-order valence-corrected chi connectivity index (χ4v) is 2.16. The first-order chi connectivity index (χ1) is 9.22. The summed E-state index contributed by atoms with van der Waals surface area (Å²) in [6, 6.07) is 18.3. The first kappa shape index (κ1) is 13.3. The molecule has 2 aromatic carbocycles. The molecule has 1 N–H and O–H groups in total. The van der Waals surface area contributed by atoms with E-state index in [2.05, 4.69) is 30.4 Å². The van der Waals surface area contributed by atoms with Crippen molar-refractivity contribution in [3.63, 3.8) is 0 Å². The van der Waals surface area contributed by atoms with E-state index in [-0.39, 0.29) is 6.04 Å². The van der Waals surface area contributed by atoms with Gasteiger partial charge in [0.25, 0.3) is 0 Å². The van der Waals surface area contributed by atoms with Crippen LogP contribution >= 0.6 is 0 Å². The van der Waals surface area contributed by atoms with Crippen molar-refractivity contribution >= 4 is 0 Å². The van der Waals surface area contributed by atoms with Crippen molar-refractivity contribution in [2.24, 2.45) is 0 Å². The average molecular weight is 250 g/mol. The van der Waals surface area contributed by atoms with Crippen LogP contribution in [0.4, 0.5) is 0 Å². The highest BCUT2D eigenvalue weighted by Gasteiger charge is 2.12. The number of nitriles is 1. The summed E-state index contributed by atoms with van der Waals surface area (Å²) in [6.45, 7) is 4.83.